The summed E-state index contributed by atoms with van der Waals surface area (Å²) in [6.07, 6.45) is 1.77. The Kier molecular flexibility index (Phi) is 7.36. The second-order valence-corrected chi connectivity index (χ2v) is 7.14. The van der Waals surface area contributed by atoms with Crippen molar-refractivity contribution >= 4 is 23.4 Å². The van der Waals surface area contributed by atoms with Crippen LogP contribution in [0.2, 0.25) is 0 Å². The number of nitriles is 1. The number of carbonyl (C=O) groups is 1. The number of aromatic nitrogens is 2. The summed E-state index contributed by atoms with van der Waals surface area (Å²) in [6, 6.07) is 13.6. The third-order valence-corrected chi connectivity index (χ3v) is 4.95. The van der Waals surface area contributed by atoms with Gasteiger partial charge in [-0.25, -0.2) is 4.98 Å². The molecule has 0 fully saturated rings. The molecule has 0 unspecified atom stereocenters. The number of nitrogens with zero attached hydrogens (tertiary/aromatic N) is 2. The van der Waals surface area contributed by atoms with Gasteiger partial charge in [-0.3, -0.25) is 9.59 Å². The molecule has 3 aromatic rings. The largest absolute Gasteiger partial charge is 0.497 e. The van der Waals surface area contributed by atoms with Crippen molar-refractivity contribution in [2.24, 2.45) is 0 Å². The maximum atomic E-state index is 12.2. The highest BCUT2D eigenvalue weighted by molar-refractivity contribution is 7.98. The molecule has 0 aliphatic carbocycles. The zero-order valence-electron chi connectivity index (χ0n) is 17.6. The molecule has 2 N–H and O–H groups in total. The molecule has 9 nitrogen and oxygen atoms in total. The van der Waals surface area contributed by atoms with E-state index in [1.807, 2.05) is 6.07 Å². The number of H-pyrrole nitrogens is 1. The van der Waals surface area contributed by atoms with E-state index in [9.17, 15) is 14.9 Å². The standard InChI is InChI=1S/C22H20N4O5S/c1-29-15-7-5-14(6-8-15)24-19(27)12-31-17-9-4-13(10-18(17)30-2)20-16(11-23)21(28)26-22(25-20)32-3/h4-10H,12H2,1-3H3,(H,24,27)(H,25,26,28). The Bertz CT molecular complexity index is 1220. The lowest BCUT2D eigenvalue weighted by Gasteiger charge is -2.13. The molecule has 0 radical (unpaired) electrons. The second-order valence-electron chi connectivity index (χ2n) is 6.34. The van der Waals surface area contributed by atoms with Gasteiger partial charge in [0, 0.05) is 11.3 Å². The topological polar surface area (TPSA) is 126 Å². The first-order valence-electron chi connectivity index (χ1n) is 9.32. The molecular formula is C22H20N4O5S. The number of nitrogens with one attached hydrogen (secondary N) is 2. The number of carbonyl (C=O) groups excluding carboxylic acids is 1. The van der Waals surface area contributed by atoms with Crippen molar-refractivity contribution < 1.29 is 19.0 Å². The van der Waals surface area contributed by atoms with Gasteiger partial charge in [-0.1, -0.05) is 11.8 Å². The summed E-state index contributed by atoms with van der Waals surface area (Å²) in [5.41, 5.74) is 0.738. The smallest absolute Gasteiger partial charge is 0.270 e. The molecule has 0 aliphatic heterocycles. The van der Waals surface area contributed by atoms with Gasteiger partial charge in [0.2, 0.25) is 0 Å². The highest BCUT2D eigenvalue weighted by Crippen LogP contribution is 2.33. The van der Waals surface area contributed by atoms with Crippen LogP contribution in [0, 0.1) is 11.3 Å². The van der Waals surface area contributed by atoms with Gasteiger partial charge in [-0.05, 0) is 48.7 Å². The first-order valence-corrected chi connectivity index (χ1v) is 10.5. The van der Waals surface area contributed by atoms with E-state index in [-0.39, 0.29) is 23.8 Å². The van der Waals surface area contributed by atoms with Crippen molar-refractivity contribution in [3.8, 4) is 34.6 Å². The summed E-state index contributed by atoms with van der Waals surface area (Å²) in [5.74, 6) is 0.989. The van der Waals surface area contributed by atoms with Crippen LogP contribution in [0.5, 0.6) is 17.2 Å². The van der Waals surface area contributed by atoms with Gasteiger partial charge < -0.3 is 24.5 Å². The molecule has 0 aliphatic rings. The van der Waals surface area contributed by atoms with Gasteiger partial charge >= 0.3 is 0 Å². The normalized spacial score (nSPS) is 10.2. The number of amides is 1. The lowest BCUT2D eigenvalue weighted by Crippen LogP contribution is -2.20. The number of rotatable bonds is 8. The molecule has 0 saturated heterocycles. The zero-order valence-corrected chi connectivity index (χ0v) is 18.4. The Morgan fingerprint density at radius 3 is 2.53 bits per heavy atom. The van der Waals surface area contributed by atoms with Gasteiger partial charge in [0.15, 0.2) is 23.3 Å². The zero-order chi connectivity index (χ0) is 23.1. The van der Waals surface area contributed by atoms with Crippen LogP contribution in [0.15, 0.2) is 52.4 Å². The Morgan fingerprint density at radius 1 is 1.16 bits per heavy atom. The number of thioether (sulfide) groups is 1. The van der Waals surface area contributed by atoms with Crippen molar-refractivity contribution in [1.29, 1.82) is 5.26 Å². The third kappa shape index (κ3) is 5.19. The summed E-state index contributed by atoms with van der Waals surface area (Å²) in [4.78, 5) is 31.3. The van der Waals surface area contributed by atoms with Crippen molar-refractivity contribution in [2.45, 2.75) is 5.16 Å². The maximum absolute atomic E-state index is 12.2. The fourth-order valence-electron chi connectivity index (χ4n) is 2.81. The Balaban J connectivity index is 1.77. The van der Waals surface area contributed by atoms with E-state index in [1.54, 1.807) is 55.8 Å². The first-order chi connectivity index (χ1) is 15.5. The maximum Gasteiger partial charge on any atom is 0.270 e. The SMILES string of the molecule is COc1ccc(NC(=O)COc2ccc(-c3nc(SC)[nH]c(=O)c3C#N)cc2OC)cc1. The predicted octanol–water partition coefficient (Wildman–Crippen LogP) is 3.07. The fourth-order valence-corrected chi connectivity index (χ4v) is 3.19. The minimum atomic E-state index is -0.517. The molecule has 1 heterocycles. The van der Waals surface area contributed by atoms with E-state index in [0.717, 1.165) is 0 Å². The van der Waals surface area contributed by atoms with Crippen molar-refractivity contribution in [1.82, 2.24) is 9.97 Å². The first kappa shape index (κ1) is 22.7. The van der Waals surface area contributed by atoms with Crippen LogP contribution in [-0.2, 0) is 4.79 Å². The summed E-state index contributed by atoms with van der Waals surface area (Å²) in [5, 5.41) is 12.5. The average Bonchev–Trinajstić information content (AvgIpc) is 2.82. The minimum Gasteiger partial charge on any atom is -0.497 e. The minimum absolute atomic E-state index is 0.0996. The monoisotopic (exact) mass is 452 g/mol. The van der Waals surface area contributed by atoms with Crippen LogP contribution < -0.4 is 25.1 Å². The van der Waals surface area contributed by atoms with Crippen molar-refractivity contribution in [2.75, 3.05) is 32.4 Å². The highest BCUT2D eigenvalue weighted by Gasteiger charge is 2.16. The van der Waals surface area contributed by atoms with E-state index in [2.05, 4.69) is 15.3 Å². The van der Waals surface area contributed by atoms with E-state index < -0.39 is 5.56 Å². The molecule has 32 heavy (non-hydrogen) atoms. The summed E-state index contributed by atoms with van der Waals surface area (Å²) >= 11 is 1.25. The molecular weight excluding hydrogens is 432 g/mol. The predicted molar refractivity (Wildman–Crippen MR) is 120 cm³/mol. The van der Waals surface area contributed by atoms with Crippen LogP contribution in [0.3, 0.4) is 0 Å². The Labute approximate surface area is 188 Å². The van der Waals surface area contributed by atoms with Crippen molar-refractivity contribution in [3.63, 3.8) is 0 Å². The van der Waals surface area contributed by atoms with Crippen LogP contribution in [0.25, 0.3) is 11.3 Å². The lowest BCUT2D eigenvalue weighted by atomic mass is 10.1. The van der Waals surface area contributed by atoms with Gasteiger partial charge in [0.25, 0.3) is 11.5 Å². The molecule has 0 atom stereocenters. The van der Waals surface area contributed by atoms with Gasteiger partial charge in [0.1, 0.15) is 17.4 Å². The number of methoxy groups -OCH3 is 2. The van der Waals surface area contributed by atoms with Gasteiger partial charge in [0.05, 0.1) is 19.9 Å². The van der Waals surface area contributed by atoms with Crippen molar-refractivity contribution in [3.05, 3.63) is 58.4 Å². The number of ether oxygens (including phenoxy) is 3. The quantitative estimate of drug-likeness (QED) is 0.394. The fraction of sp³-hybridized carbons (Fsp3) is 0.182. The van der Waals surface area contributed by atoms with E-state index >= 15 is 0 Å². The number of hydrogen-bond acceptors (Lipinski definition) is 8. The number of benzene rings is 2. The lowest BCUT2D eigenvalue weighted by molar-refractivity contribution is -0.118. The third-order valence-electron chi connectivity index (χ3n) is 4.37. The van der Waals surface area contributed by atoms with Crippen LogP contribution >= 0.6 is 11.8 Å². The summed E-state index contributed by atoms with van der Waals surface area (Å²) < 4.78 is 16.1. The van der Waals surface area contributed by atoms with Crippen LogP contribution in [-0.4, -0.2) is 43.0 Å². The number of hydrogen-bond donors (Lipinski definition) is 2. The molecule has 1 aromatic heterocycles. The van der Waals surface area contributed by atoms with Crippen LogP contribution in [0.4, 0.5) is 5.69 Å². The molecule has 0 bridgehead atoms. The summed E-state index contributed by atoms with van der Waals surface area (Å²) in [6.45, 7) is -0.245. The number of anilines is 1. The second kappa shape index (κ2) is 10.4. The average molecular weight is 452 g/mol. The van der Waals surface area contributed by atoms with E-state index in [4.69, 9.17) is 14.2 Å². The molecule has 3 rings (SSSR count). The van der Waals surface area contributed by atoms with E-state index in [0.29, 0.717) is 33.7 Å². The van der Waals surface area contributed by atoms with E-state index in [1.165, 1.54) is 18.9 Å². The van der Waals surface area contributed by atoms with Gasteiger partial charge in [-0.15, -0.1) is 0 Å². The van der Waals surface area contributed by atoms with Crippen LogP contribution in [0.1, 0.15) is 5.56 Å². The summed E-state index contributed by atoms with van der Waals surface area (Å²) in [7, 11) is 3.02. The van der Waals surface area contributed by atoms with Gasteiger partial charge in [-0.2, -0.15) is 5.26 Å². The molecule has 2 aromatic carbocycles. The number of aromatic amines is 1. The molecule has 0 spiro atoms. The molecule has 0 saturated carbocycles. The molecule has 1 amide bonds. The Hall–Kier alpha value is -3.97. The highest BCUT2D eigenvalue weighted by atomic mass is 32.2. The Morgan fingerprint density at radius 2 is 1.91 bits per heavy atom. The molecule has 10 heteroatoms. The molecule has 164 valence electrons.